The summed E-state index contributed by atoms with van der Waals surface area (Å²) in [6.45, 7) is 0. The van der Waals surface area contributed by atoms with Gasteiger partial charge in [0.2, 0.25) is 5.55 Å². The minimum absolute atomic E-state index is 0.0235. The van der Waals surface area contributed by atoms with Gasteiger partial charge < -0.3 is 14.8 Å². The van der Waals surface area contributed by atoms with Gasteiger partial charge in [-0.2, -0.15) is 5.26 Å². The molecule has 0 atom stereocenters. The molecule has 0 saturated heterocycles. The number of carbonyl (C=O) groups is 1. The van der Waals surface area contributed by atoms with Crippen LogP contribution in [0.15, 0.2) is 40.1 Å². The summed E-state index contributed by atoms with van der Waals surface area (Å²) in [6, 6.07) is 9.77. The summed E-state index contributed by atoms with van der Waals surface area (Å²) in [6.07, 6.45) is 0. The van der Waals surface area contributed by atoms with Gasteiger partial charge in [-0.05, 0) is 23.6 Å². The van der Waals surface area contributed by atoms with Crippen molar-refractivity contribution in [3.8, 4) is 11.8 Å². The van der Waals surface area contributed by atoms with Gasteiger partial charge in [0.05, 0.1) is 5.56 Å². The second-order valence-corrected chi connectivity index (χ2v) is 5.33. The molecule has 2 aromatic heterocycles. The number of fused-ring (bicyclic) bond motifs is 1. The third-order valence-electron chi connectivity index (χ3n) is 3.03. The molecule has 0 bridgehead atoms. The normalized spacial score (nSPS) is 10.3. The van der Waals surface area contributed by atoms with E-state index in [-0.39, 0.29) is 22.5 Å². The number of benzene rings is 1. The molecule has 0 spiro atoms. The van der Waals surface area contributed by atoms with E-state index in [0.29, 0.717) is 16.0 Å². The number of phenols is 1. The standard InChI is InChI=1S/C15H9N3O3S/c16-7-9-4-5-22-15(9)18-14(20)10-6-8-2-1-3-11(19)12(8)21-13(10)17/h1-6,17,19H,(H,18,20). The summed E-state index contributed by atoms with van der Waals surface area (Å²) in [5, 5.41) is 31.6. The molecule has 2 heterocycles. The van der Waals surface area contributed by atoms with E-state index in [2.05, 4.69) is 5.32 Å². The van der Waals surface area contributed by atoms with Crippen molar-refractivity contribution in [1.82, 2.24) is 0 Å². The van der Waals surface area contributed by atoms with Crippen LogP contribution in [0.2, 0.25) is 0 Å². The monoisotopic (exact) mass is 311 g/mol. The molecule has 6 nitrogen and oxygen atoms in total. The van der Waals surface area contributed by atoms with Crippen LogP contribution in [0.3, 0.4) is 0 Å². The Labute approximate surface area is 128 Å². The minimum Gasteiger partial charge on any atom is -0.504 e. The zero-order valence-electron chi connectivity index (χ0n) is 11.1. The quantitative estimate of drug-likeness (QED) is 0.675. The number of carbonyl (C=O) groups excluding carboxylic acids is 1. The van der Waals surface area contributed by atoms with E-state index in [0.717, 1.165) is 0 Å². The number of para-hydroxylation sites is 1. The van der Waals surface area contributed by atoms with E-state index in [1.165, 1.54) is 23.5 Å². The fourth-order valence-corrected chi connectivity index (χ4v) is 2.71. The van der Waals surface area contributed by atoms with E-state index in [9.17, 15) is 9.90 Å². The molecule has 7 heteroatoms. The maximum atomic E-state index is 12.3. The van der Waals surface area contributed by atoms with Crippen LogP contribution < -0.4 is 10.9 Å². The van der Waals surface area contributed by atoms with Gasteiger partial charge in [0.15, 0.2) is 11.3 Å². The van der Waals surface area contributed by atoms with Gasteiger partial charge in [-0.15, -0.1) is 11.3 Å². The highest BCUT2D eigenvalue weighted by molar-refractivity contribution is 7.14. The fraction of sp³-hybridized carbons (Fsp3) is 0. The molecule has 1 aromatic carbocycles. The van der Waals surface area contributed by atoms with E-state index < -0.39 is 5.91 Å². The maximum Gasteiger partial charge on any atom is 0.261 e. The Morgan fingerprint density at radius 1 is 1.41 bits per heavy atom. The van der Waals surface area contributed by atoms with E-state index in [1.807, 2.05) is 6.07 Å². The highest BCUT2D eigenvalue weighted by Gasteiger charge is 2.15. The number of rotatable bonds is 2. The molecule has 3 aromatic rings. The summed E-state index contributed by atoms with van der Waals surface area (Å²) in [5.41, 5.74) is 0.176. The van der Waals surface area contributed by atoms with Crippen LogP contribution in [0, 0.1) is 16.7 Å². The summed E-state index contributed by atoms with van der Waals surface area (Å²) >= 11 is 1.22. The third kappa shape index (κ3) is 2.32. The molecule has 0 aliphatic carbocycles. The minimum atomic E-state index is -0.544. The smallest absolute Gasteiger partial charge is 0.261 e. The largest absolute Gasteiger partial charge is 0.504 e. The first-order chi connectivity index (χ1) is 10.6. The van der Waals surface area contributed by atoms with Crippen molar-refractivity contribution in [2.45, 2.75) is 0 Å². The van der Waals surface area contributed by atoms with Gasteiger partial charge in [-0.25, -0.2) is 0 Å². The van der Waals surface area contributed by atoms with Crippen LogP contribution in [0.25, 0.3) is 11.0 Å². The van der Waals surface area contributed by atoms with Gasteiger partial charge in [0.1, 0.15) is 16.6 Å². The number of hydrogen-bond donors (Lipinski definition) is 3. The number of amides is 1. The first kappa shape index (κ1) is 13.9. The number of nitriles is 1. The van der Waals surface area contributed by atoms with Gasteiger partial charge in [0, 0.05) is 5.39 Å². The maximum absolute atomic E-state index is 12.3. The van der Waals surface area contributed by atoms with Gasteiger partial charge in [-0.1, -0.05) is 12.1 Å². The highest BCUT2D eigenvalue weighted by Crippen LogP contribution is 2.25. The van der Waals surface area contributed by atoms with E-state index >= 15 is 0 Å². The molecule has 1 amide bonds. The van der Waals surface area contributed by atoms with Crippen LogP contribution in [0.5, 0.6) is 5.75 Å². The Morgan fingerprint density at radius 2 is 2.23 bits per heavy atom. The SMILES string of the molecule is N#Cc1ccsc1NC(=O)c1cc2cccc(O)c2oc1=N. The molecule has 0 aliphatic rings. The number of aromatic hydroxyl groups is 1. The summed E-state index contributed by atoms with van der Waals surface area (Å²) in [7, 11) is 0. The van der Waals surface area contributed by atoms with Crippen LogP contribution in [-0.4, -0.2) is 11.0 Å². The number of hydrogen-bond acceptors (Lipinski definition) is 6. The lowest BCUT2D eigenvalue weighted by Crippen LogP contribution is -2.20. The molecule has 0 fully saturated rings. The van der Waals surface area contributed by atoms with Crippen molar-refractivity contribution < 1.29 is 14.3 Å². The molecule has 0 radical (unpaired) electrons. The molecule has 0 saturated carbocycles. The number of phenolic OH excluding ortho intramolecular Hbond substituents is 1. The van der Waals surface area contributed by atoms with E-state index in [1.54, 1.807) is 23.6 Å². The predicted octanol–water partition coefficient (Wildman–Crippen LogP) is 2.80. The first-order valence-electron chi connectivity index (χ1n) is 6.19. The van der Waals surface area contributed by atoms with Gasteiger partial charge in [0.25, 0.3) is 5.91 Å². The number of anilines is 1. The van der Waals surface area contributed by atoms with Crippen molar-refractivity contribution in [3.05, 3.63) is 52.4 Å². The van der Waals surface area contributed by atoms with E-state index in [4.69, 9.17) is 15.1 Å². The van der Waals surface area contributed by atoms with Crippen molar-refractivity contribution in [1.29, 1.82) is 10.7 Å². The lowest BCUT2D eigenvalue weighted by Gasteiger charge is -2.05. The van der Waals surface area contributed by atoms with Crippen molar-refractivity contribution in [3.63, 3.8) is 0 Å². The van der Waals surface area contributed by atoms with Crippen molar-refractivity contribution in [2.75, 3.05) is 5.32 Å². The Hall–Kier alpha value is -3.11. The molecule has 0 unspecified atom stereocenters. The lowest BCUT2D eigenvalue weighted by atomic mass is 10.1. The molecule has 108 valence electrons. The average Bonchev–Trinajstić information content (AvgIpc) is 2.94. The molecular formula is C15H9N3O3S. The number of thiophene rings is 1. The Morgan fingerprint density at radius 3 is 3.00 bits per heavy atom. The average molecular weight is 311 g/mol. The Balaban J connectivity index is 2.03. The topological polar surface area (TPSA) is 110 Å². The zero-order valence-corrected chi connectivity index (χ0v) is 11.9. The molecule has 0 aliphatic heterocycles. The van der Waals surface area contributed by atoms with Crippen LogP contribution >= 0.6 is 11.3 Å². The fourth-order valence-electron chi connectivity index (χ4n) is 1.98. The van der Waals surface area contributed by atoms with Crippen LogP contribution in [0.1, 0.15) is 15.9 Å². The Kier molecular flexibility index (Phi) is 3.37. The summed E-state index contributed by atoms with van der Waals surface area (Å²) in [4.78, 5) is 12.3. The molecular weight excluding hydrogens is 302 g/mol. The highest BCUT2D eigenvalue weighted by atomic mass is 32.1. The van der Waals surface area contributed by atoms with Crippen LogP contribution in [-0.2, 0) is 0 Å². The molecule has 3 rings (SSSR count). The molecule has 22 heavy (non-hydrogen) atoms. The second kappa shape index (κ2) is 5.35. The number of nitrogens with one attached hydrogen (secondary N) is 2. The van der Waals surface area contributed by atoms with Crippen molar-refractivity contribution >= 4 is 33.2 Å². The predicted molar refractivity (Wildman–Crippen MR) is 80.7 cm³/mol. The Bertz CT molecular complexity index is 982. The lowest BCUT2D eigenvalue weighted by molar-refractivity contribution is 0.102. The summed E-state index contributed by atoms with van der Waals surface area (Å²) < 4.78 is 5.21. The zero-order chi connectivity index (χ0) is 15.7. The summed E-state index contributed by atoms with van der Waals surface area (Å²) in [5.74, 6) is -0.638. The van der Waals surface area contributed by atoms with Crippen molar-refractivity contribution in [2.24, 2.45) is 0 Å². The first-order valence-corrected chi connectivity index (χ1v) is 7.07. The second-order valence-electron chi connectivity index (χ2n) is 4.41. The molecule has 3 N–H and O–H groups in total. The van der Waals surface area contributed by atoms with Gasteiger partial charge >= 0.3 is 0 Å². The third-order valence-corrected chi connectivity index (χ3v) is 3.86. The number of nitrogens with zero attached hydrogens (tertiary/aromatic N) is 1. The van der Waals surface area contributed by atoms with Gasteiger partial charge in [-0.3, -0.25) is 10.2 Å². The van der Waals surface area contributed by atoms with Crippen LogP contribution in [0.4, 0.5) is 5.00 Å².